The molecule has 0 unspecified atom stereocenters. The first-order valence-corrected chi connectivity index (χ1v) is 9.39. The highest BCUT2D eigenvalue weighted by Crippen LogP contribution is 2.15. The van der Waals surface area contributed by atoms with Crippen molar-refractivity contribution < 1.29 is 19.6 Å². The number of hydrogen-bond acceptors (Lipinski definition) is 3. The van der Waals surface area contributed by atoms with Gasteiger partial charge >= 0.3 is 0 Å². The Balaban J connectivity index is 1.64. The van der Waals surface area contributed by atoms with Gasteiger partial charge in [0.25, 0.3) is 5.91 Å². The second-order valence-corrected chi connectivity index (χ2v) is 7.38. The molecule has 1 fully saturated rings. The summed E-state index contributed by atoms with van der Waals surface area (Å²) in [7, 11) is 0. The number of nitrogens with one attached hydrogen (secondary N) is 1. The molecule has 1 aliphatic rings. The number of nitrogens with zero attached hydrogens (tertiary/aromatic N) is 1. The van der Waals surface area contributed by atoms with Crippen LogP contribution in [0.3, 0.4) is 0 Å². The molecule has 5 heteroatoms. The fraction of sp³-hybridized carbons (Fsp3) is 0.364. The van der Waals surface area contributed by atoms with Gasteiger partial charge in [-0.2, -0.15) is 0 Å². The highest BCUT2D eigenvalue weighted by atomic mass is 16.4. The summed E-state index contributed by atoms with van der Waals surface area (Å²) < 4.78 is 0. The van der Waals surface area contributed by atoms with E-state index in [-0.39, 0.29) is 11.5 Å². The molecule has 1 saturated heterocycles. The molecule has 0 aromatic heterocycles. The van der Waals surface area contributed by atoms with Crippen molar-refractivity contribution in [2.24, 2.45) is 0 Å². The minimum absolute atomic E-state index is 0.0356. The topological polar surface area (TPSA) is 64.9 Å². The second-order valence-electron chi connectivity index (χ2n) is 7.38. The number of aryl methyl sites for hydroxylation is 2. The minimum atomic E-state index is -1.26. The van der Waals surface area contributed by atoms with Gasteiger partial charge in [-0.25, -0.2) is 0 Å². The van der Waals surface area contributed by atoms with Crippen LogP contribution in [0.15, 0.2) is 42.5 Å². The average Bonchev–Trinajstić information content (AvgIpc) is 2.69. The van der Waals surface area contributed by atoms with Crippen LogP contribution >= 0.6 is 0 Å². The van der Waals surface area contributed by atoms with Crippen LogP contribution in [0.5, 0.6) is 0 Å². The van der Waals surface area contributed by atoms with Crippen LogP contribution < -0.4 is 10.0 Å². The van der Waals surface area contributed by atoms with Crippen molar-refractivity contribution in [3.63, 3.8) is 0 Å². The van der Waals surface area contributed by atoms with Gasteiger partial charge in [0.05, 0.1) is 32.1 Å². The standard InChI is InChI=1S/C22H26N2O3/c1-15-7-8-18(13-16(15)2)17(3)23-9-11-24(12-10-23)21(25)19-5-4-6-20(14-19)22(26)27/h4-8,13-14,17H,9-12H2,1-3H3,(H,26,27)/t17-/m1/s1. The van der Waals surface area contributed by atoms with Crippen LogP contribution in [0.25, 0.3) is 0 Å². The van der Waals surface area contributed by atoms with E-state index in [1.54, 1.807) is 12.1 Å². The van der Waals surface area contributed by atoms with Crippen molar-refractivity contribution in [1.29, 1.82) is 0 Å². The molecule has 3 rings (SSSR count). The molecule has 27 heavy (non-hydrogen) atoms. The van der Waals surface area contributed by atoms with E-state index >= 15 is 0 Å². The number of carboxylic acids is 1. The van der Waals surface area contributed by atoms with E-state index in [0.717, 1.165) is 13.1 Å². The average molecular weight is 366 g/mol. The largest absolute Gasteiger partial charge is 0.545 e. The van der Waals surface area contributed by atoms with Gasteiger partial charge in [0.2, 0.25) is 0 Å². The van der Waals surface area contributed by atoms with Crippen LogP contribution in [-0.2, 0) is 0 Å². The van der Waals surface area contributed by atoms with E-state index in [9.17, 15) is 14.7 Å². The number of amides is 1. The van der Waals surface area contributed by atoms with E-state index in [1.807, 2.05) is 4.90 Å². The molecule has 1 atom stereocenters. The van der Waals surface area contributed by atoms with Gasteiger partial charge in [-0.3, -0.25) is 4.79 Å². The van der Waals surface area contributed by atoms with E-state index in [1.165, 1.54) is 33.7 Å². The van der Waals surface area contributed by atoms with Crippen molar-refractivity contribution in [2.75, 3.05) is 26.2 Å². The molecule has 1 N–H and O–H groups in total. The number of benzene rings is 2. The highest BCUT2D eigenvalue weighted by molar-refractivity contribution is 5.97. The fourth-order valence-corrected chi connectivity index (χ4v) is 3.66. The molecule has 1 amide bonds. The van der Waals surface area contributed by atoms with Gasteiger partial charge in [0.15, 0.2) is 0 Å². The van der Waals surface area contributed by atoms with E-state index in [2.05, 4.69) is 39.0 Å². The molecule has 142 valence electrons. The van der Waals surface area contributed by atoms with E-state index in [4.69, 9.17) is 0 Å². The van der Waals surface area contributed by atoms with Crippen molar-refractivity contribution in [3.05, 3.63) is 70.3 Å². The number of aromatic carboxylic acids is 1. The number of rotatable bonds is 4. The molecule has 0 aliphatic carbocycles. The third-order valence-corrected chi connectivity index (χ3v) is 5.68. The Labute approximate surface area is 160 Å². The van der Waals surface area contributed by atoms with Crippen LogP contribution in [0, 0.1) is 13.8 Å². The number of carboxylic acid groups (broad SMARTS) is 1. The lowest BCUT2D eigenvalue weighted by Crippen LogP contribution is -3.14. The summed E-state index contributed by atoms with van der Waals surface area (Å²) in [5.74, 6) is -1.38. The van der Waals surface area contributed by atoms with Crippen molar-refractivity contribution in [3.8, 4) is 0 Å². The monoisotopic (exact) mass is 366 g/mol. The molecule has 1 heterocycles. The Hall–Kier alpha value is -2.66. The highest BCUT2D eigenvalue weighted by Gasteiger charge is 2.28. The summed E-state index contributed by atoms with van der Waals surface area (Å²) in [5.41, 5.74) is 4.38. The summed E-state index contributed by atoms with van der Waals surface area (Å²) in [6.45, 7) is 9.58. The molecule has 0 radical (unpaired) electrons. The van der Waals surface area contributed by atoms with Crippen LogP contribution in [0.4, 0.5) is 0 Å². The predicted octanol–water partition coefficient (Wildman–Crippen LogP) is 0.769. The SMILES string of the molecule is Cc1ccc([C@@H](C)[NH+]2CCN(C(=O)c3cccc(C(=O)[O-])c3)CC2)cc1C. The fourth-order valence-electron chi connectivity index (χ4n) is 3.66. The summed E-state index contributed by atoms with van der Waals surface area (Å²) in [5, 5.41) is 11.0. The van der Waals surface area contributed by atoms with E-state index < -0.39 is 5.97 Å². The first kappa shape index (κ1) is 19.1. The van der Waals surface area contributed by atoms with Gasteiger partial charge in [-0.05, 0) is 55.7 Å². The number of piperazine rings is 1. The van der Waals surface area contributed by atoms with Gasteiger partial charge in [0.1, 0.15) is 6.04 Å². The van der Waals surface area contributed by atoms with Crippen molar-refractivity contribution in [2.45, 2.75) is 26.8 Å². The first-order chi connectivity index (χ1) is 12.9. The molecule has 5 nitrogen and oxygen atoms in total. The molecule has 2 aromatic rings. The quantitative estimate of drug-likeness (QED) is 0.869. The third kappa shape index (κ3) is 4.19. The Kier molecular flexibility index (Phi) is 5.61. The zero-order valence-electron chi connectivity index (χ0n) is 16.1. The van der Waals surface area contributed by atoms with Crippen LogP contribution in [-0.4, -0.2) is 43.0 Å². The van der Waals surface area contributed by atoms with Crippen molar-refractivity contribution in [1.82, 2.24) is 4.90 Å². The molecule has 0 saturated carbocycles. The molecule has 2 aromatic carbocycles. The summed E-state index contributed by atoms with van der Waals surface area (Å²) >= 11 is 0. The number of quaternary nitrogens is 1. The van der Waals surface area contributed by atoms with E-state index in [0.29, 0.717) is 24.7 Å². The zero-order valence-corrected chi connectivity index (χ0v) is 16.1. The minimum Gasteiger partial charge on any atom is -0.545 e. The Bertz CT molecular complexity index is 854. The number of carbonyl (C=O) groups excluding carboxylic acids is 2. The first-order valence-electron chi connectivity index (χ1n) is 9.39. The molecule has 0 spiro atoms. The Morgan fingerprint density at radius 2 is 1.67 bits per heavy atom. The lowest BCUT2D eigenvalue weighted by Gasteiger charge is -2.35. The van der Waals surface area contributed by atoms with Crippen LogP contribution in [0.2, 0.25) is 0 Å². The lowest BCUT2D eigenvalue weighted by atomic mass is 10.0. The molecular weight excluding hydrogens is 340 g/mol. The maximum atomic E-state index is 12.7. The molecule has 0 bridgehead atoms. The zero-order chi connectivity index (χ0) is 19.6. The third-order valence-electron chi connectivity index (χ3n) is 5.68. The number of carbonyl (C=O) groups is 2. The smallest absolute Gasteiger partial charge is 0.254 e. The maximum absolute atomic E-state index is 12.7. The maximum Gasteiger partial charge on any atom is 0.254 e. The summed E-state index contributed by atoms with van der Waals surface area (Å²) in [6.07, 6.45) is 0. The second kappa shape index (κ2) is 7.92. The number of hydrogen-bond donors (Lipinski definition) is 1. The van der Waals surface area contributed by atoms with Crippen LogP contribution in [0.1, 0.15) is 50.4 Å². The molecular formula is C22H26N2O3. The van der Waals surface area contributed by atoms with Gasteiger partial charge in [-0.1, -0.05) is 24.3 Å². The van der Waals surface area contributed by atoms with Gasteiger partial charge in [0, 0.05) is 11.1 Å². The normalized spacial score (nSPS) is 16.2. The Morgan fingerprint density at radius 1 is 1.00 bits per heavy atom. The Morgan fingerprint density at radius 3 is 2.30 bits per heavy atom. The lowest BCUT2D eigenvalue weighted by molar-refractivity contribution is -0.933. The van der Waals surface area contributed by atoms with Gasteiger partial charge in [-0.15, -0.1) is 0 Å². The van der Waals surface area contributed by atoms with Gasteiger partial charge < -0.3 is 19.7 Å². The summed E-state index contributed by atoms with van der Waals surface area (Å²) in [4.78, 5) is 27.0. The van der Waals surface area contributed by atoms with Crippen molar-refractivity contribution >= 4 is 11.9 Å². The predicted molar refractivity (Wildman–Crippen MR) is 102 cm³/mol. The summed E-state index contributed by atoms with van der Waals surface area (Å²) in [6, 6.07) is 13.1. The molecule has 1 aliphatic heterocycles.